The van der Waals surface area contributed by atoms with E-state index in [1.165, 1.54) is 12.8 Å². The molecule has 25 heavy (non-hydrogen) atoms. The summed E-state index contributed by atoms with van der Waals surface area (Å²) in [5, 5.41) is 8.61. The van der Waals surface area contributed by atoms with Crippen LogP contribution in [-0.2, 0) is 19.4 Å². The summed E-state index contributed by atoms with van der Waals surface area (Å²) in [6.07, 6.45) is 5.97. The maximum absolute atomic E-state index is 14.2. The lowest BCUT2D eigenvalue weighted by Crippen LogP contribution is -2.48. The van der Waals surface area contributed by atoms with E-state index in [4.69, 9.17) is 4.42 Å². The Morgan fingerprint density at radius 1 is 1.24 bits per heavy atom. The molecule has 0 N–H and O–H groups in total. The average molecular weight is 350 g/mol. The quantitative estimate of drug-likeness (QED) is 0.799. The Balaban J connectivity index is 1.54. The van der Waals surface area contributed by atoms with Gasteiger partial charge in [0.25, 0.3) is 5.92 Å². The van der Waals surface area contributed by atoms with Crippen LogP contribution in [0.4, 0.5) is 14.7 Å². The Morgan fingerprint density at radius 2 is 2.08 bits per heavy atom. The van der Waals surface area contributed by atoms with Crippen molar-refractivity contribution in [3.05, 3.63) is 30.0 Å². The van der Waals surface area contributed by atoms with Crippen molar-refractivity contribution < 1.29 is 13.2 Å². The Bertz CT molecular complexity index is 709. The van der Waals surface area contributed by atoms with Crippen molar-refractivity contribution >= 4 is 5.95 Å². The molecule has 0 spiro atoms. The molecule has 3 heterocycles. The minimum Gasteiger partial charge on any atom is -0.469 e. The molecule has 5 nitrogen and oxygen atoms in total. The molecular weight excluding hydrogens is 326 g/mol. The highest BCUT2D eigenvalue weighted by molar-refractivity contribution is 5.33. The molecule has 1 saturated heterocycles. The second-order valence-corrected chi connectivity index (χ2v) is 7.42. The van der Waals surface area contributed by atoms with Gasteiger partial charge in [-0.05, 0) is 37.3 Å². The molecule has 0 bridgehead atoms. The highest BCUT2D eigenvalue weighted by Gasteiger charge is 2.43. The first kappa shape index (κ1) is 16.5. The molecule has 1 unspecified atom stereocenters. The van der Waals surface area contributed by atoms with Crippen molar-refractivity contribution in [2.45, 2.75) is 51.5 Å². The van der Waals surface area contributed by atoms with Gasteiger partial charge in [0.1, 0.15) is 11.6 Å². The van der Waals surface area contributed by atoms with Gasteiger partial charge >= 0.3 is 0 Å². The number of furan rings is 1. The van der Waals surface area contributed by atoms with E-state index >= 15 is 0 Å². The molecule has 1 aliphatic heterocycles. The molecule has 2 aromatic heterocycles. The average Bonchev–Trinajstić information content (AvgIpc) is 3.07. The van der Waals surface area contributed by atoms with Crippen molar-refractivity contribution in [1.82, 2.24) is 14.8 Å². The van der Waals surface area contributed by atoms with Crippen molar-refractivity contribution in [1.29, 1.82) is 0 Å². The van der Waals surface area contributed by atoms with Gasteiger partial charge in [0, 0.05) is 31.8 Å². The minimum absolute atomic E-state index is 0.269. The van der Waals surface area contributed by atoms with E-state index in [1.54, 1.807) is 18.1 Å². The van der Waals surface area contributed by atoms with Crippen molar-refractivity contribution in [3.63, 3.8) is 0 Å². The van der Waals surface area contributed by atoms with Gasteiger partial charge in [-0.25, -0.2) is 8.78 Å². The first-order valence-corrected chi connectivity index (χ1v) is 9.10. The summed E-state index contributed by atoms with van der Waals surface area (Å²) >= 11 is 0. The number of anilines is 1. The van der Waals surface area contributed by atoms with Crippen LogP contribution in [0.3, 0.4) is 0 Å². The number of aryl methyl sites for hydroxylation is 2. The lowest BCUT2D eigenvalue weighted by Gasteiger charge is -2.37. The molecule has 136 valence electrons. The standard InChI is InChI=1S/C18H24F2N4O/c1-13-8-9-23(12-18(13,19)20)17-22-21-16(24(17)11-14-4-5-14)7-6-15-3-2-10-25-15/h2-3,10,13-14H,4-9,11-12H2,1H3. The van der Waals surface area contributed by atoms with Crippen LogP contribution in [0.5, 0.6) is 0 Å². The molecule has 4 rings (SSSR count). The van der Waals surface area contributed by atoms with E-state index < -0.39 is 11.8 Å². The van der Waals surface area contributed by atoms with Crippen LogP contribution in [0.1, 0.15) is 37.8 Å². The van der Waals surface area contributed by atoms with Crippen LogP contribution >= 0.6 is 0 Å². The molecule has 0 radical (unpaired) electrons. The smallest absolute Gasteiger partial charge is 0.267 e. The van der Waals surface area contributed by atoms with E-state index in [9.17, 15) is 8.78 Å². The molecule has 1 aliphatic carbocycles. The predicted molar refractivity (Wildman–Crippen MR) is 89.8 cm³/mol. The summed E-state index contributed by atoms with van der Waals surface area (Å²) in [6.45, 7) is 2.79. The third-order valence-electron chi connectivity index (χ3n) is 5.36. The fourth-order valence-electron chi connectivity index (χ4n) is 3.40. The van der Waals surface area contributed by atoms with Crippen LogP contribution in [0.2, 0.25) is 0 Å². The summed E-state index contributed by atoms with van der Waals surface area (Å²) in [5.41, 5.74) is 0. The maximum atomic E-state index is 14.2. The Kier molecular flexibility index (Phi) is 4.25. The molecule has 1 atom stereocenters. The lowest BCUT2D eigenvalue weighted by molar-refractivity contribution is -0.0576. The number of alkyl halides is 2. The van der Waals surface area contributed by atoms with Crippen LogP contribution in [0.15, 0.2) is 22.8 Å². The van der Waals surface area contributed by atoms with Gasteiger partial charge < -0.3 is 9.32 Å². The van der Waals surface area contributed by atoms with E-state index in [0.29, 0.717) is 31.3 Å². The fraction of sp³-hybridized carbons (Fsp3) is 0.667. The van der Waals surface area contributed by atoms with E-state index in [2.05, 4.69) is 14.8 Å². The second-order valence-electron chi connectivity index (χ2n) is 7.42. The first-order valence-electron chi connectivity index (χ1n) is 9.10. The van der Waals surface area contributed by atoms with Gasteiger partial charge in [0.2, 0.25) is 5.95 Å². The number of piperidine rings is 1. The van der Waals surface area contributed by atoms with Crippen molar-refractivity contribution in [2.24, 2.45) is 11.8 Å². The maximum Gasteiger partial charge on any atom is 0.267 e. The molecule has 7 heteroatoms. The van der Waals surface area contributed by atoms with Crippen LogP contribution in [0, 0.1) is 11.8 Å². The van der Waals surface area contributed by atoms with Gasteiger partial charge in [0.15, 0.2) is 0 Å². The van der Waals surface area contributed by atoms with E-state index in [-0.39, 0.29) is 6.54 Å². The first-order chi connectivity index (χ1) is 12.0. The normalized spacial score (nSPS) is 23.2. The van der Waals surface area contributed by atoms with Crippen molar-refractivity contribution in [3.8, 4) is 0 Å². The summed E-state index contributed by atoms with van der Waals surface area (Å²) in [5.74, 6) is -0.263. The summed E-state index contributed by atoms with van der Waals surface area (Å²) in [6, 6.07) is 3.81. The molecule has 0 aromatic carbocycles. The Hall–Kier alpha value is -1.92. The Labute approximate surface area is 146 Å². The summed E-state index contributed by atoms with van der Waals surface area (Å²) < 4.78 is 35.8. The van der Waals surface area contributed by atoms with Crippen LogP contribution in [0.25, 0.3) is 0 Å². The second kappa shape index (κ2) is 6.42. The predicted octanol–water partition coefficient (Wildman–Crippen LogP) is 3.55. The monoisotopic (exact) mass is 350 g/mol. The number of rotatable bonds is 6. The number of hydrogen-bond donors (Lipinski definition) is 0. The van der Waals surface area contributed by atoms with E-state index in [1.807, 2.05) is 12.1 Å². The zero-order valence-electron chi connectivity index (χ0n) is 14.5. The molecule has 2 aliphatic rings. The number of halogens is 2. The van der Waals surface area contributed by atoms with Crippen LogP contribution < -0.4 is 4.90 Å². The van der Waals surface area contributed by atoms with Gasteiger partial charge in [-0.1, -0.05) is 6.92 Å². The topological polar surface area (TPSA) is 47.1 Å². The largest absolute Gasteiger partial charge is 0.469 e. The van der Waals surface area contributed by atoms with Crippen molar-refractivity contribution in [2.75, 3.05) is 18.0 Å². The number of nitrogens with zero attached hydrogens (tertiary/aromatic N) is 4. The minimum atomic E-state index is -2.68. The third kappa shape index (κ3) is 3.55. The van der Waals surface area contributed by atoms with Crippen LogP contribution in [-0.4, -0.2) is 33.8 Å². The SMILES string of the molecule is CC1CCN(c2nnc(CCc3ccco3)n2CC2CC2)CC1(F)F. The molecule has 2 fully saturated rings. The molecule has 2 aromatic rings. The number of aromatic nitrogens is 3. The third-order valence-corrected chi connectivity index (χ3v) is 5.36. The molecular formula is C18H24F2N4O. The van der Waals surface area contributed by atoms with Gasteiger partial charge in [-0.15, -0.1) is 10.2 Å². The summed E-state index contributed by atoms with van der Waals surface area (Å²) in [7, 11) is 0. The van der Waals surface area contributed by atoms with Gasteiger partial charge in [0.05, 0.1) is 12.8 Å². The van der Waals surface area contributed by atoms with Gasteiger partial charge in [-0.2, -0.15) is 0 Å². The fourth-order valence-corrected chi connectivity index (χ4v) is 3.40. The highest BCUT2D eigenvalue weighted by atomic mass is 19.3. The zero-order chi connectivity index (χ0) is 17.4. The molecule has 1 saturated carbocycles. The highest BCUT2D eigenvalue weighted by Crippen LogP contribution is 2.36. The van der Waals surface area contributed by atoms with E-state index in [0.717, 1.165) is 24.6 Å². The lowest BCUT2D eigenvalue weighted by atomic mass is 9.95. The zero-order valence-corrected chi connectivity index (χ0v) is 14.5. The van der Waals surface area contributed by atoms with Gasteiger partial charge in [-0.3, -0.25) is 4.57 Å². The Morgan fingerprint density at radius 3 is 2.76 bits per heavy atom. The summed E-state index contributed by atoms with van der Waals surface area (Å²) in [4.78, 5) is 1.71. The number of hydrogen-bond acceptors (Lipinski definition) is 4. The molecule has 0 amide bonds.